The van der Waals surface area contributed by atoms with Crippen molar-refractivity contribution in [3.05, 3.63) is 64.1 Å². The molecule has 1 fully saturated rings. The quantitative estimate of drug-likeness (QED) is 0.590. The molecule has 0 unspecified atom stereocenters. The molecule has 0 radical (unpaired) electrons. The van der Waals surface area contributed by atoms with Crippen LogP contribution in [0.3, 0.4) is 0 Å². The molecule has 1 aliphatic heterocycles. The second kappa shape index (κ2) is 12.3. The van der Waals surface area contributed by atoms with Gasteiger partial charge in [0.2, 0.25) is 0 Å². The van der Waals surface area contributed by atoms with Crippen LogP contribution in [-0.2, 0) is 6.54 Å². The van der Waals surface area contributed by atoms with Crippen molar-refractivity contribution in [1.29, 1.82) is 0 Å². The number of urea groups is 1. The van der Waals surface area contributed by atoms with Crippen LogP contribution in [0.5, 0.6) is 0 Å². The lowest BCUT2D eigenvalue weighted by Crippen LogP contribution is -2.46. The van der Waals surface area contributed by atoms with Gasteiger partial charge < -0.3 is 15.5 Å². The average Bonchev–Trinajstić information content (AvgIpc) is 2.70. The summed E-state index contributed by atoms with van der Waals surface area (Å²) in [7, 11) is 0. The van der Waals surface area contributed by atoms with Gasteiger partial charge in [-0.1, -0.05) is 35.3 Å². The van der Waals surface area contributed by atoms with Crippen LogP contribution in [0.15, 0.2) is 48.5 Å². The summed E-state index contributed by atoms with van der Waals surface area (Å²) in [5.74, 6) is 0. The number of rotatable bonds is 7. The number of carbonyl (C=O) groups is 1. The Kier molecular flexibility index (Phi) is 10.0. The van der Waals surface area contributed by atoms with Gasteiger partial charge in [0.05, 0.1) is 0 Å². The highest BCUT2D eigenvalue weighted by molar-refractivity contribution is 6.30. The summed E-state index contributed by atoms with van der Waals surface area (Å²) in [5, 5.41) is 7.14. The van der Waals surface area contributed by atoms with E-state index in [0.29, 0.717) is 11.6 Å². The second-order valence-electron chi connectivity index (χ2n) is 6.99. The second-order valence-corrected chi connectivity index (χ2v) is 7.86. The van der Waals surface area contributed by atoms with E-state index in [2.05, 4.69) is 32.6 Å². The molecule has 5 nitrogen and oxygen atoms in total. The molecule has 0 aliphatic carbocycles. The molecule has 2 N–H and O–H groups in total. The van der Waals surface area contributed by atoms with Crippen LogP contribution in [-0.4, -0.2) is 55.1 Å². The molecule has 3 rings (SSSR count). The third-order valence-corrected chi connectivity index (χ3v) is 5.33. The molecular formula is C21H27Cl3N4O. The Morgan fingerprint density at radius 2 is 1.41 bits per heavy atom. The molecule has 0 bridgehead atoms. The summed E-state index contributed by atoms with van der Waals surface area (Å²) in [6.45, 7) is 6.87. The third-order valence-electron chi connectivity index (χ3n) is 4.82. The highest BCUT2D eigenvalue weighted by Gasteiger charge is 2.16. The maximum atomic E-state index is 11.9. The minimum absolute atomic E-state index is 0. The van der Waals surface area contributed by atoms with Crippen LogP contribution < -0.4 is 10.6 Å². The predicted molar refractivity (Wildman–Crippen MR) is 124 cm³/mol. The molecule has 0 atom stereocenters. The number of nitrogens with one attached hydrogen (secondary N) is 2. The lowest BCUT2D eigenvalue weighted by atomic mass is 10.2. The Labute approximate surface area is 188 Å². The molecule has 29 heavy (non-hydrogen) atoms. The highest BCUT2D eigenvalue weighted by atomic mass is 35.5. The van der Waals surface area contributed by atoms with E-state index in [1.165, 1.54) is 5.56 Å². The first kappa shape index (κ1) is 23.8. The normalized spacial score (nSPS) is 14.8. The van der Waals surface area contributed by atoms with Gasteiger partial charge in [-0.2, -0.15) is 0 Å². The first-order valence-electron chi connectivity index (χ1n) is 9.58. The van der Waals surface area contributed by atoms with E-state index in [1.807, 2.05) is 12.1 Å². The molecule has 158 valence electrons. The Morgan fingerprint density at radius 1 is 0.862 bits per heavy atom. The summed E-state index contributed by atoms with van der Waals surface area (Å²) in [5.41, 5.74) is 2.03. The summed E-state index contributed by atoms with van der Waals surface area (Å²) in [6, 6.07) is 15.0. The molecule has 1 heterocycles. The molecule has 1 saturated heterocycles. The topological polar surface area (TPSA) is 47.6 Å². The number of piperazine rings is 1. The number of carbonyl (C=O) groups excluding carboxylic acids is 1. The summed E-state index contributed by atoms with van der Waals surface area (Å²) < 4.78 is 0. The largest absolute Gasteiger partial charge is 0.338 e. The Morgan fingerprint density at radius 3 is 2.03 bits per heavy atom. The van der Waals surface area contributed by atoms with Crippen LogP contribution >= 0.6 is 35.6 Å². The zero-order valence-corrected chi connectivity index (χ0v) is 18.6. The summed E-state index contributed by atoms with van der Waals surface area (Å²) >= 11 is 11.8. The minimum atomic E-state index is -0.185. The number of benzene rings is 2. The maximum absolute atomic E-state index is 11.9. The maximum Gasteiger partial charge on any atom is 0.319 e. The first-order chi connectivity index (χ1) is 13.6. The van der Waals surface area contributed by atoms with Crippen molar-refractivity contribution in [2.24, 2.45) is 0 Å². The molecule has 1 aliphatic rings. The number of hydrogen-bond donors (Lipinski definition) is 2. The van der Waals surface area contributed by atoms with Gasteiger partial charge in [-0.15, -0.1) is 12.4 Å². The predicted octanol–water partition coefficient (Wildman–Crippen LogP) is 4.74. The van der Waals surface area contributed by atoms with Gasteiger partial charge in [-0.25, -0.2) is 4.79 Å². The van der Waals surface area contributed by atoms with E-state index in [-0.39, 0.29) is 18.4 Å². The van der Waals surface area contributed by atoms with Crippen molar-refractivity contribution in [2.45, 2.75) is 13.0 Å². The van der Waals surface area contributed by atoms with Gasteiger partial charge in [-0.3, -0.25) is 4.90 Å². The monoisotopic (exact) mass is 456 g/mol. The fourth-order valence-electron chi connectivity index (χ4n) is 3.23. The number of hydrogen-bond acceptors (Lipinski definition) is 3. The van der Waals surface area contributed by atoms with Crippen LogP contribution in [0.25, 0.3) is 0 Å². The van der Waals surface area contributed by atoms with Crippen LogP contribution in [0.1, 0.15) is 12.0 Å². The van der Waals surface area contributed by atoms with E-state index < -0.39 is 0 Å². The Hall–Kier alpha value is -1.50. The van der Waals surface area contributed by atoms with Gasteiger partial charge in [0.1, 0.15) is 0 Å². The highest BCUT2D eigenvalue weighted by Crippen LogP contribution is 2.14. The third kappa shape index (κ3) is 8.41. The average molecular weight is 458 g/mol. The van der Waals surface area contributed by atoms with E-state index in [1.54, 1.807) is 24.3 Å². The van der Waals surface area contributed by atoms with Gasteiger partial charge in [0, 0.05) is 55.0 Å². The molecule has 0 spiro atoms. The van der Waals surface area contributed by atoms with Crippen molar-refractivity contribution in [2.75, 3.05) is 44.6 Å². The van der Waals surface area contributed by atoms with E-state index >= 15 is 0 Å². The van der Waals surface area contributed by atoms with Gasteiger partial charge >= 0.3 is 6.03 Å². The van der Waals surface area contributed by atoms with Gasteiger partial charge in [-0.05, 0) is 54.9 Å². The lowest BCUT2D eigenvalue weighted by Gasteiger charge is -2.34. The van der Waals surface area contributed by atoms with Gasteiger partial charge in [0.15, 0.2) is 0 Å². The Balaban J connectivity index is 0.00000300. The zero-order valence-electron chi connectivity index (χ0n) is 16.2. The fourth-order valence-corrected chi connectivity index (χ4v) is 3.48. The molecule has 2 amide bonds. The number of amides is 2. The number of anilines is 1. The minimum Gasteiger partial charge on any atom is -0.338 e. The first-order valence-corrected chi connectivity index (χ1v) is 10.3. The van der Waals surface area contributed by atoms with E-state index in [0.717, 1.165) is 56.4 Å². The van der Waals surface area contributed by atoms with E-state index in [9.17, 15) is 4.79 Å². The molecule has 2 aromatic rings. The van der Waals surface area contributed by atoms with Crippen LogP contribution in [0, 0.1) is 0 Å². The number of nitrogens with zero attached hydrogens (tertiary/aromatic N) is 2. The standard InChI is InChI=1S/C21H26Cl2N4O.ClH/c22-18-4-2-17(3-5-18)16-27-14-12-26(13-15-27)11-1-10-24-21(28)25-20-8-6-19(23)7-9-20;/h2-9H,1,10-16H2,(H2,24,25,28);1H. The van der Waals surface area contributed by atoms with Crippen LogP contribution in [0.4, 0.5) is 10.5 Å². The number of halogens is 3. The Bertz CT molecular complexity index is 748. The smallest absolute Gasteiger partial charge is 0.319 e. The molecular weight excluding hydrogens is 431 g/mol. The molecule has 0 aromatic heterocycles. The van der Waals surface area contributed by atoms with Crippen molar-refractivity contribution in [3.8, 4) is 0 Å². The SMILES string of the molecule is Cl.O=C(NCCCN1CCN(Cc2ccc(Cl)cc2)CC1)Nc1ccc(Cl)cc1. The fraction of sp³-hybridized carbons (Fsp3) is 0.381. The summed E-state index contributed by atoms with van der Waals surface area (Å²) in [6.07, 6.45) is 0.936. The molecule has 8 heteroatoms. The van der Waals surface area contributed by atoms with Gasteiger partial charge in [0.25, 0.3) is 0 Å². The van der Waals surface area contributed by atoms with Crippen molar-refractivity contribution in [3.63, 3.8) is 0 Å². The zero-order chi connectivity index (χ0) is 19.8. The van der Waals surface area contributed by atoms with E-state index in [4.69, 9.17) is 23.2 Å². The van der Waals surface area contributed by atoms with Crippen LogP contribution in [0.2, 0.25) is 10.0 Å². The molecule has 0 saturated carbocycles. The van der Waals surface area contributed by atoms with Crippen molar-refractivity contribution in [1.82, 2.24) is 15.1 Å². The van der Waals surface area contributed by atoms with Crippen molar-refractivity contribution >= 4 is 47.3 Å². The lowest BCUT2D eigenvalue weighted by molar-refractivity contribution is 0.126. The summed E-state index contributed by atoms with van der Waals surface area (Å²) in [4.78, 5) is 16.8. The molecule has 2 aromatic carbocycles. The van der Waals surface area contributed by atoms with Crippen molar-refractivity contribution < 1.29 is 4.79 Å².